The third-order valence-electron chi connectivity index (χ3n) is 2.36. The lowest BCUT2D eigenvalue weighted by atomic mass is 10.2. The van der Waals surface area contributed by atoms with E-state index >= 15 is 0 Å². The van der Waals surface area contributed by atoms with Crippen LogP contribution in [0.1, 0.15) is 18.9 Å². The molecule has 0 saturated heterocycles. The van der Waals surface area contributed by atoms with Crippen LogP contribution in [-0.4, -0.2) is 25.2 Å². The van der Waals surface area contributed by atoms with Gasteiger partial charge in [0.25, 0.3) is 0 Å². The molecule has 0 aliphatic heterocycles. The number of nitrogens with one attached hydrogen (secondary N) is 1. The van der Waals surface area contributed by atoms with Gasteiger partial charge in [0.15, 0.2) is 0 Å². The van der Waals surface area contributed by atoms with Crippen molar-refractivity contribution in [1.82, 2.24) is 4.72 Å². The molecular weight excluding hydrogens is 276 g/mol. The summed E-state index contributed by atoms with van der Waals surface area (Å²) in [5.74, 6) is 0. The van der Waals surface area contributed by atoms with E-state index < -0.39 is 15.3 Å². The third-order valence-corrected chi connectivity index (χ3v) is 5.47. The van der Waals surface area contributed by atoms with Crippen LogP contribution in [0.3, 0.4) is 0 Å². The minimum absolute atomic E-state index is 0.0236. The molecule has 0 saturated carbocycles. The van der Waals surface area contributed by atoms with Gasteiger partial charge in [0.1, 0.15) is 5.25 Å². The summed E-state index contributed by atoms with van der Waals surface area (Å²) in [4.78, 5) is 0.0236. The first kappa shape index (κ1) is 14.6. The van der Waals surface area contributed by atoms with Gasteiger partial charge >= 0.3 is 0 Å². The second kappa shape index (κ2) is 6.44. The summed E-state index contributed by atoms with van der Waals surface area (Å²) in [6.45, 7) is 2.13. The molecule has 3 N–H and O–H groups in total. The summed E-state index contributed by atoms with van der Waals surface area (Å²) < 4.78 is 26.3. The van der Waals surface area contributed by atoms with E-state index in [4.69, 9.17) is 18.0 Å². The second-order valence-electron chi connectivity index (χ2n) is 3.62. The van der Waals surface area contributed by atoms with Gasteiger partial charge in [-0.25, -0.2) is 13.1 Å². The molecular formula is C10H16N2O2S3. The lowest BCUT2D eigenvalue weighted by Crippen LogP contribution is -2.42. The molecule has 1 unspecified atom stereocenters. The van der Waals surface area contributed by atoms with Crippen molar-refractivity contribution in [2.24, 2.45) is 5.73 Å². The van der Waals surface area contributed by atoms with Crippen LogP contribution >= 0.6 is 23.6 Å². The van der Waals surface area contributed by atoms with Crippen LogP contribution in [0.5, 0.6) is 0 Å². The maximum atomic E-state index is 11.9. The summed E-state index contributed by atoms with van der Waals surface area (Å²) in [7, 11) is -3.44. The van der Waals surface area contributed by atoms with Gasteiger partial charge < -0.3 is 5.73 Å². The number of nitrogens with two attached hydrogens (primary N) is 1. The number of rotatable bonds is 7. The van der Waals surface area contributed by atoms with Crippen molar-refractivity contribution in [1.29, 1.82) is 0 Å². The molecule has 4 nitrogen and oxygen atoms in total. The molecule has 0 aliphatic carbocycles. The molecule has 1 aromatic heterocycles. The lowest BCUT2D eigenvalue weighted by Gasteiger charge is -2.14. The Hall–Kier alpha value is -0.500. The Morgan fingerprint density at radius 2 is 2.35 bits per heavy atom. The molecule has 17 heavy (non-hydrogen) atoms. The van der Waals surface area contributed by atoms with Crippen molar-refractivity contribution < 1.29 is 8.42 Å². The Morgan fingerprint density at radius 3 is 2.82 bits per heavy atom. The fourth-order valence-corrected chi connectivity index (χ4v) is 4.03. The average Bonchev–Trinajstić information content (AvgIpc) is 2.69. The monoisotopic (exact) mass is 292 g/mol. The second-order valence-corrected chi connectivity index (χ2v) is 6.82. The summed E-state index contributed by atoms with van der Waals surface area (Å²) in [6, 6.07) is 1.98. The predicted octanol–water partition coefficient (Wildman–Crippen LogP) is 1.27. The fourth-order valence-electron chi connectivity index (χ4n) is 1.45. The number of sulfonamides is 1. The zero-order valence-electron chi connectivity index (χ0n) is 9.55. The van der Waals surface area contributed by atoms with Gasteiger partial charge in [-0.3, -0.25) is 0 Å². The molecule has 0 aliphatic rings. The molecule has 1 aromatic rings. The molecule has 0 radical (unpaired) electrons. The standard InChI is InChI=1S/C10H16N2O2S3/c1-2-9(10(11)15)17(13,14)12-5-3-8-4-6-16-7-8/h4,6-7,9,12H,2-3,5H2,1H3,(H2,11,15). The molecule has 0 amide bonds. The lowest BCUT2D eigenvalue weighted by molar-refractivity contribution is 0.574. The number of hydrogen-bond donors (Lipinski definition) is 2. The first-order valence-corrected chi connectivity index (χ1v) is 8.16. The van der Waals surface area contributed by atoms with E-state index in [2.05, 4.69) is 4.72 Å². The van der Waals surface area contributed by atoms with E-state index in [1.165, 1.54) is 0 Å². The van der Waals surface area contributed by atoms with Crippen LogP contribution in [-0.2, 0) is 16.4 Å². The highest BCUT2D eigenvalue weighted by Gasteiger charge is 2.25. The zero-order chi connectivity index (χ0) is 12.9. The molecule has 1 atom stereocenters. The smallest absolute Gasteiger partial charge is 0.221 e. The Labute approximate surface area is 111 Å². The zero-order valence-corrected chi connectivity index (χ0v) is 12.0. The number of thiophene rings is 1. The van der Waals surface area contributed by atoms with E-state index in [-0.39, 0.29) is 4.99 Å². The van der Waals surface area contributed by atoms with Crippen LogP contribution in [0, 0.1) is 0 Å². The van der Waals surface area contributed by atoms with E-state index in [9.17, 15) is 8.42 Å². The van der Waals surface area contributed by atoms with Crippen LogP contribution in [0.15, 0.2) is 16.8 Å². The van der Waals surface area contributed by atoms with E-state index in [1.54, 1.807) is 18.3 Å². The largest absolute Gasteiger partial charge is 0.392 e. The van der Waals surface area contributed by atoms with Gasteiger partial charge in [-0.15, -0.1) is 0 Å². The van der Waals surface area contributed by atoms with Crippen molar-refractivity contribution in [2.75, 3.05) is 6.54 Å². The predicted molar refractivity (Wildman–Crippen MR) is 75.8 cm³/mol. The maximum Gasteiger partial charge on any atom is 0.221 e. The van der Waals surface area contributed by atoms with Gasteiger partial charge in [0.05, 0.1) is 4.99 Å². The maximum absolute atomic E-state index is 11.9. The Kier molecular flexibility index (Phi) is 5.51. The van der Waals surface area contributed by atoms with E-state index in [1.807, 2.05) is 16.8 Å². The van der Waals surface area contributed by atoms with Gasteiger partial charge in [0, 0.05) is 6.54 Å². The molecule has 0 spiro atoms. The Morgan fingerprint density at radius 1 is 1.65 bits per heavy atom. The first-order valence-electron chi connectivity index (χ1n) is 5.26. The number of thiocarbonyl (C=S) groups is 1. The highest BCUT2D eigenvalue weighted by Crippen LogP contribution is 2.08. The average molecular weight is 292 g/mol. The van der Waals surface area contributed by atoms with Crippen LogP contribution < -0.4 is 10.5 Å². The summed E-state index contributed by atoms with van der Waals surface area (Å²) in [5, 5.41) is 3.19. The molecule has 7 heteroatoms. The van der Waals surface area contributed by atoms with Gasteiger partial charge in [-0.2, -0.15) is 11.3 Å². The molecule has 0 fully saturated rings. The van der Waals surface area contributed by atoms with Gasteiger partial charge in [-0.05, 0) is 35.2 Å². The van der Waals surface area contributed by atoms with E-state index in [0.717, 1.165) is 5.56 Å². The first-order chi connectivity index (χ1) is 7.97. The van der Waals surface area contributed by atoms with E-state index in [0.29, 0.717) is 19.4 Å². The van der Waals surface area contributed by atoms with Crippen molar-refractivity contribution in [3.05, 3.63) is 22.4 Å². The Bertz CT molecular complexity index is 454. The topological polar surface area (TPSA) is 72.2 Å². The molecule has 1 rings (SSSR count). The fraction of sp³-hybridized carbons (Fsp3) is 0.500. The third kappa shape index (κ3) is 4.34. The van der Waals surface area contributed by atoms with Crippen LogP contribution in [0.4, 0.5) is 0 Å². The minimum Gasteiger partial charge on any atom is -0.392 e. The van der Waals surface area contributed by atoms with Gasteiger partial charge in [0.2, 0.25) is 10.0 Å². The van der Waals surface area contributed by atoms with Crippen molar-refractivity contribution in [3.63, 3.8) is 0 Å². The summed E-state index contributed by atoms with van der Waals surface area (Å²) in [6.07, 6.45) is 1.07. The SMILES string of the molecule is CCC(C(N)=S)S(=O)(=O)NCCc1ccsc1. The van der Waals surface area contributed by atoms with Crippen molar-refractivity contribution in [2.45, 2.75) is 25.0 Å². The van der Waals surface area contributed by atoms with Crippen molar-refractivity contribution in [3.8, 4) is 0 Å². The molecule has 0 bridgehead atoms. The Balaban J connectivity index is 2.52. The quantitative estimate of drug-likeness (QED) is 0.743. The summed E-state index contributed by atoms with van der Waals surface area (Å²) in [5.41, 5.74) is 6.54. The molecule has 0 aromatic carbocycles. The molecule has 1 heterocycles. The highest BCUT2D eigenvalue weighted by atomic mass is 32.2. The van der Waals surface area contributed by atoms with Crippen LogP contribution in [0.2, 0.25) is 0 Å². The highest BCUT2D eigenvalue weighted by molar-refractivity contribution is 7.93. The van der Waals surface area contributed by atoms with Crippen molar-refractivity contribution >= 4 is 38.6 Å². The number of hydrogen-bond acceptors (Lipinski definition) is 4. The molecule has 96 valence electrons. The summed E-state index contributed by atoms with van der Waals surface area (Å²) >= 11 is 6.35. The minimum atomic E-state index is -3.44. The normalized spacial score (nSPS) is 13.5. The van der Waals surface area contributed by atoms with Gasteiger partial charge in [-0.1, -0.05) is 19.1 Å². The van der Waals surface area contributed by atoms with Crippen LogP contribution in [0.25, 0.3) is 0 Å².